The molecule has 1 amide bonds. The molecule has 1 aliphatic carbocycles. The van der Waals surface area contributed by atoms with Crippen molar-refractivity contribution in [2.75, 3.05) is 13.6 Å². The highest BCUT2D eigenvalue weighted by Gasteiger charge is 2.27. The standard InChI is InChI=1S/C15H19NO4/c1-16(9-12-3-2-4-13(12)17)14(18)10-5-7-11(8-6-10)15(19)20/h5-8,12-13,17H,2-4,9H2,1H3,(H,19,20). The number of hydrogen-bond acceptors (Lipinski definition) is 3. The molecule has 2 N–H and O–H groups in total. The second-order valence-corrected chi connectivity index (χ2v) is 5.33. The summed E-state index contributed by atoms with van der Waals surface area (Å²) in [6, 6.07) is 5.89. The summed E-state index contributed by atoms with van der Waals surface area (Å²) in [7, 11) is 1.71. The number of aromatic carboxylic acids is 1. The van der Waals surface area contributed by atoms with Gasteiger partial charge in [0.1, 0.15) is 0 Å². The first-order valence-electron chi connectivity index (χ1n) is 6.76. The number of aliphatic hydroxyl groups excluding tert-OH is 1. The highest BCUT2D eigenvalue weighted by atomic mass is 16.4. The van der Waals surface area contributed by atoms with Crippen molar-refractivity contribution in [2.45, 2.75) is 25.4 Å². The average molecular weight is 277 g/mol. The Morgan fingerprint density at radius 3 is 2.30 bits per heavy atom. The lowest BCUT2D eigenvalue weighted by Crippen LogP contribution is -2.34. The van der Waals surface area contributed by atoms with Gasteiger partial charge < -0.3 is 15.1 Å². The van der Waals surface area contributed by atoms with Gasteiger partial charge in [-0.25, -0.2) is 4.79 Å². The summed E-state index contributed by atoms with van der Waals surface area (Å²) in [6.45, 7) is 0.528. The second-order valence-electron chi connectivity index (χ2n) is 5.33. The quantitative estimate of drug-likeness (QED) is 0.876. The Kier molecular flexibility index (Phi) is 4.39. The van der Waals surface area contributed by atoms with Crippen molar-refractivity contribution in [2.24, 2.45) is 5.92 Å². The van der Waals surface area contributed by atoms with E-state index in [1.54, 1.807) is 11.9 Å². The number of carboxylic acids is 1. The summed E-state index contributed by atoms with van der Waals surface area (Å²) in [5.74, 6) is -1.02. The van der Waals surface area contributed by atoms with Crippen molar-refractivity contribution < 1.29 is 19.8 Å². The number of benzene rings is 1. The minimum absolute atomic E-state index is 0.141. The SMILES string of the molecule is CN(CC1CCCC1O)C(=O)c1ccc(C(=O)O)cc1. The number of amides is 1. The highest BCUT2D eigenvalue weighted by Crippen LogP contribution is 2.26. The third-order valence-electron chi connectivity index (χ3n) is 3.85. The number of hydrogen-bond donors (Lipinski definition) is 2. The van der Waals surface area contributed by atoms with Crippen molar-refractivity contribution in [3.63, 3.8) is 0 Å². The lowest BCUT2D eigenvalue weighted by Gasteiger charge is -2.23. The summed E-state index contributed by atoms with van der Waals surface area (Å²) >= 11 is 0. The van der Waals surface area contributed by atoms with Gasteiger partial charge in [-0.3, -0.25) is 4.79 Å². The average Bonchev–Trinajstić information content (AvgIpc) is 2.83. The Hall–Kier alpha value is -1.88. The van der Waals surface area contributed by atoms with Gasteiger partial charge in [-0.05, 0) is 37.1 Å². The first-order valence-corrected chi connectivity index (χ1v) is 6.76. The van der Waals surface area contributed by atoms with Crippen LogP contribution in [0.1, 0.15) is 40.0 Å². The molecule has 0 aliphatic heterocycles. The number of aliphatic hydroxyl groups is 1. The smallest absolute Gasteiger partial charge is 0.335 e. The predicted molar refractivity (Wildman–Crippen MR) is 73.7 cm³/mol. The number of rotatable bonds is 4. The van der Waals surface area contributed by atoms with E-state index in [2.05, 4.69) is 0 Å². The van der Waals surface area contributed by atoms with Crippen LogP contribution in [0.15, 0.2) is 24.3 Å². The fraction of sp³-hybridized carbons (Fsp3) is 0.467. The molecule has 0 aromatic heterocycles. The Morgan fingerprint density at radius 1 is 1.20 bits per heavy atom. The zero-order chi connectivity index (χ0) is 14.7. The molecule has 0 bridgehead atoms. The van der Waals surface area contributed by atoms with Gasteiger partial charge in [0.15, 0.2) is 0 Å². The van der Waals surface area contributed by atoms with Crippen LogP contribution in [0.3, 0.4) is 0 Å². The van der Waals surface area contributed by atoms with Crippen molar-refractivity contribution in [3.8, 4) is 0 Å². The molecule has 5 nitrogen and oxygen atoms in total. The van der Waals surface area contributed by atoms with Crippen LogP contribution in [0.2, 0.25) is 0 Å². The van der Waals surface area contributed by atoms with Crippen LogP contribution in [-0.2, 0) is 0 Å². The lowest BCUT2D eigenvalue weighted by molar-refractivity contribution is 0.0681. The fourth-order valence-electron chi connectivity index (χ4n) is 2.64. The maximum absolute atomic E-state index is 12.2. The molecular weight excluding hydrogens is 258 g/mol. The van der Waals surface area contributed by atoms with Gasteiger partial charge in [0.25, 0.3) is 5.91 Å². The van der Waals surface area contributed by atoms with Crippen molar-refractivity contribution in [3.05, 3.63) is 35.4 Å². The zero-order valence-corrected chi connectivity index (χ0v) is 11.5. The number of carbonyl (C=O) groups is 2. The van der Waals surface area contributed by atoms with E-state index in [1.807, 2.05) is 0 Å². The minimum atomic E-state index is -1.01. The fourth-order valence-corrected chi connectivity index (χ4v) is 2.64. The number of carbonyl (C=O) groups excluding carboxylic acids is 1. The van der Waals surface area contributed by atoms with E-state index < -0.39 is 5.97 Å². The molecule has 2 atom stereocenters. The Balaban J connectivity index is 2.00. The van der Waals surface area contributed by atoms with Crippen molar-refractivity contribution in [1.29, 1.82) is 0 Å². The van der Waals surface area contributed by atoms with E-state index in [0.717, 1.165) is 19.3 Å². The van der Waals surface area contributed by atoms with Gasteiger partial charge in [0, 0.05) is 25.1 Å². The topological polar surface area (TPSA) is 77.8 Å². The molecule has 1 aromatic rings. The van der Waals surface area contributed by atoms with E-state index in [9.17, 15) is 14.7 Å². The zero-order valence-electron chi connectivity index (χ0n) is 11.5. The van der Waals surface area contributed by atoms with E-state index >= 15 is 0 Å². The minimum Gasteiger partial charge on any atom is -0.478 e. The van der Waals surface area contributed by atoms with Crippen LogP contribution >= 0.6 is 0 Å². The Labute approximate surface area is 117 Å². The molecule has 1 saturated carbocycles. The normalized spacial score (nSPS) is 21.7. The van der Waals surface area contributed by atoms with Gasteiger partial charge >= 0.3 is 5.97 Å². The molecule has 20 heavy (non-hydrogen) atoms. The van der Waals surface area contributed by atoms with Gasteiger partial charge in [-0.1, -0.05) is 6.42 Å². The molecule has 2 unspecified atom stereocenters. The molecule has 0 saturated heterocycles. The first-order chi connectivity index (χ1) is 9.49. The van der Waals surface area contributed by atoms with Crippen molar-refractivity contribution >= 4 is 11.9 Å². The van der Waals surface area contributed by atoms with Gasteiger partial charge in [-0.2, -0.15) is 0 Å². The van der Waals surface area contributed by atoms with Crippen LogP contribution in [0, 0.1) is 5.92 Å². The number of nitrogens with zero attached hydrogens (tertiary/aromatic N) is 1. The Morgan fingerprint density at radius 2 is 1.80 bits per heavy atom. The predicted octanol–water partition coefficient (Wildman–Crippen LogP) is 1.62. The summed E-state index contributed by atoms with van der Waals surface area (Å²) in [5, 5.41) is 18.6. The first kappa shape index (κ1) is 14.5. The van der Waals surface area contributed by atoms with Crippen LogP contribution < -0.4 is 0 Å². The van der Waals surface area contributed by atoms with Crippen LogP contribution in [0.5, 0.6) is 0 Å². The highest BCUT2D eigenvalue weighted by molar-refractivity contribution is 5.95. The second kappa shape index (κ2) is 6.05. The summed E-state index contributed by atoms with van der Waals surface area (Å²) < 4.78 is 0. The lowest BCUT2D eigenvalue weighted by atomic mass is 10.0. The van der Waals surface area contributed by atoms with Crippen LogP contribution in [0.4, 0.5) is 0 Å². The maximum Gasteiger partial charge on any atom is 0.335 e. The van der Waals surface area contributed by atoms with Crippen LogP contribution in [-0.4, -0.2) is 46.7 Å². The van der Waals surface area contributed by atoms with Crippen molar-refractivity contribution in [1.82, 2.24) is 4.90 Å². The number of carboxylic acid groups (broad SMARTS) is 1. The Bertz CT molecular complexity index is 497. The van der Waals surface area contributed by atoms with Gasteiger partial charge in [-0.15, -0.1) is 0 Å². The molecule has 0 spiro atoms. The molecule has 1 fully saturated rings. The molecule has 108 valence electrons. The summed E-state index contributed by atoms with van der Waals surface area (Å²) in [4.78, 5) is 24.6. The largest absolute Gasteiger partial charge is 0.478 e. The molecule has 1 aromatic carbocycles. The van der Waals surface area contributed by atoms with Gasteiger partial charge in [0.05, 0.1) is 11.7 Å². The summed E-state index contributed by atoms with van der Waals surface area (Å²) in [5.41, 5.74) is 0.625. The molecule has 2 rings (SSSR count). The van der Waals surface area contributed by atoms with Crippen LogP contribution in [0.25, 0.3) is 0 Å². The van der Waals surface area contributed by atoms with E-state index in [0.29, 0.717) is 12.1 Å². The van der Waals surface area contributed by atoms with Gasteiger partial charge in [0.2, 0.25) is 0 Å². The molecular formula is C15H19NO4. The maximum atomic E-state index is 12.2. The molecule has 1 aliphatic rings. The summed E-state index contributed by atoms with van der Waals surface area (Å²) in [6.07, 6.45) is 2.43. The van der Waals surface area contributed by atoms with E-state index in [1.165, 1.54) is 24.3 Å². The molecule has 0 radical (unpaired) electrons. The third kappa shape index (κ3) is 3.17. The monoisotopic (exact) mass is 277 g/mol. The van der Waals surface area contributed by atoms with E-state index in [4.69, 9.17) is 5.11 Å². The third-order valence-corrected chi connectivity index (χ3v) is 3.85. The molecule has 0 heterocycles. The van der Waals surface area contributed by atoms with E-state index in [-0.39, 0.29) is 23.5 Å². The molecule has 5 heteroatoms.